The fourth-order valence-electron chi connectivity index (χ4n) is 2.26. The Bertz CT molecular complexity index is 577. The molecule has 1 atom stereocenters. The van der Waals surface area contributed by atoms with Crippen molar-refractivity contribution < 1.29 is 9.90 Å². The first-order valence-corrected chi connectivity index (χ1v) is 6.38. The van der Waals surface area contributed by atoms with Crippen LogP contribution in [0.4, 0.5) is 0 Å². The molecule has 0 saturated carbocycles. The van der Waals surface area contributed by atoms with E-state index in [1.54, 1.807) is 0 Å². The lowest BCUT2D eigenvalue weighted by molar-refractivity contribution is -0.138. The van der Waals surface area contributed by atoms with Crippen LogP contribution >= 0.6 is 0 Å². The highest BCUT2D eigenvalue weighted by molar-refractivity contribution is 5.85. The van der Waals surface area contributed by atoms with Gasteiger partial charge in [0.05, 0.1) is 0 Å². The molecule has 1 heterocycles. The van der Waals surface area contributed by atoms with E-state index in [0.717, 1.165) is 29.4 Å². The SMILES string of the molecule is NCCCn1cc(CC(N)C(=O)O)c2ccccc21. The third kappa shape index (κ3) is 2.94. The number of carboxylic acids is 1. The molecule has 102 valence electrons. The Hall–Kier alpha value is -1.85. The van der Waals surface area contributed by atoms with E-state index in [1.807, 2.05) is 30.5 Å². The van der Waals surface area contributed by atoms with Crippen molar-refractivity contribution in [2.45, 2.75) is 25.4 Å². The van der Waals surface area contributed by atoms with Gasteiger partial charge in [-0.05, 0) is 24.6 Å². The highest BCUT2D eigenvalue weighted by atomic mass is 16.4. The maximum atomic E-state index is 10.9. The fraction of sp³-hybridized carbons (Fsp3) is 0.357. The first-order valence-electron chi connectivity index (χ1n) is 6.38. The maximum Gasteiger partial charge on any atom is 0.320 e. The van der Waals surface area contributed by atoms with E-state index < -0.39 is 12.0 Å². The molecule has 2 rings (SSSR count). The summed E-state index contributed by atoms with van der Waals surface area (Å²) in [5, 5.41) is 9.98. The molecule has 2 aromatic rings. The monoisotopic (exact) mass is 261 g/mol. The van der Waals surface area contributed by atoms with Gasteiger partial charge in [0.25, 0.3) is 0 Å². The standard InChI is InChI=1S/C14H19N3O2/c15-6-3-7-17-9-10(8-12(16)14(18)19)11-4-1-2-5-13(11)17/h1-2,4-5,9,12H,3,6-8,15-16H2,(H,18,19). The molecule has 0 saturated heterocycles. The summed E-state index contributed by atoms with van der Waals surface area (Å²) >= 11 is 0. The molecule has 1 aromatic heterocycles. The number of nitrogens with two attached hydrogens (primary N) is 2. The number of aliphatic carboxylic acids is 1. The van der Waals surface area contributed by atoms with Gasteiger partial charge in [0.1, 0.15) is 6.04 Å². The molecule has 0 aliphatic heterocycles. The molecule has 19 heavy (non-hydrogen) atoms. The molecular formula is C14H19N3O2. The second-order valence-electron chi connectivity index (χ2n) is 4.66. The third-order valence-electron chi connectivity index (χ3n) is 3.23. The lowest BCUT2D eigenvalue weighted by atomic mass is 10.1. The number of nitrogens with zero attached hydrogens (tertiary/aromatic N) is 1. The number of aryl methyl sites for hydroxylation is 1. The number of para-hydroxylation sites is 1. The lowest BCUT2D eigenvalue weighted by Gasteiger charge is -2.04. The van der Waals surface area contributed by atoms with Gasteiger partial charge in [0.2, 0.25) is 0 Å². The molecule has 0 fully saturated rings. The average molecular weight is 261 g/mol. The zero-order chi connectivity index (χ0) is 13.8. The van der Waals surface area contributed by atoms with Gasteiger partial charge in [-0.15, -0.1) is 0 Å². The van der Waals surface area contributed by atoms with Crippen molar-refractivity contribution in [2.75, 3.05) is 6.54 Å². The van der Waals surface area contributed by atoms with E-state index in [1.165, 1.54) is 0 Å². The van der Waals surface area contributed by atoms with E-state index in [-0.39, 0.29) is 0 Å². The van der Waals surface area contributed by atoms with Crippen LogP contribution in [0.5, 0.6) is 0 Å². The Balaban J connectivity index is 2.35. The molecule has 0 spiro atoms. The summed E-state index contributed by atoms with van der Waals surface area (Å²) in [7, 11) is 0. The van der Waals surface area contributed by atoms with Gasteiger partial charge in [-0.3, -0.25) is 4.79 Å². The predicted molar refractivity (Wildman–Crippen MR) is 74.9 cm³/mol. The number of rotatable bonds is 6. The van der Waals surface area contributed by atoms with Gasteiger partial charge in [-0.25, -0.2) is 0 Å². The van der Waals surface area contributed by atoms with E-state index in [0.29, 0.717) is 13.0 Å². The second-order valence-corrected chi connectivity index (χ2v) is 4.66. The minimum atomic E-state index is -0.973. The normalized spacial score (nSPS) is 12.7. The smallest absolute Gasteiger partial charge is 0.320 e. The van der Waals surface area contributed by atoms with Gasteiger partial charge in [-0.1, -0.05) is 18.2 Å². The van der Waals surface area contributed by atoms with Gasteiger partial charge < -0.3 is 21.1 Å². The summed E-state index contributed by atoms with van der Waals surface area (Å²) in [5.74, 6) is -0.973. The number of fused-ring (bicyclic) bond motifs is 1. The van der Waals surface area contributed by atoms with E-state index >= 15 is 0 Å². The minimum Gasteiger partial charge on any atom is -0.480 e. The van der Waals surface area contributed by atoms with E-state index in [4.69, 9.17) is 16.6 Å². The summed E-state index contributed by atoms with van der Waals surface area (Å²) in [6.45, 7) is 1.47. The number of carbonyl (C=O) groups is 1. The Labute approximate surface area is 111 Å². The van der Waals surface area contributed by atoms with Crippen LogP contribution in [0, 0.1) is 0 Å². The zero-order valence-electron chi connectivity index (χ0n) is 10.7. The summed E-state index contributed by atoms with van der Waals surface area (Å²) in [6, 6.07) is 7.08. The number of benzene rings is 1. The molecule has 0 radical (unpaired) electrons. The van der Waals surface area contributed by atoms with Crippen LogP contribution in [0.15, 0.2) is 30.5 Å². The van der Waals surface area contributed by atoms with Crippen LogP contribution in [0.3, 0.4) is 0 Å². The third-order valence-corrected chi connectivity index (χ3v) is 3.23. The fourth-order valence-corrected chi connectivity index (χ4v) is 2.26. The highest BCUT2D eigenvalue weighted by Gasteiger charge is 2.16. The van der Waals surface area contributed by atoms with Crippen LogP contribution in [0.25, 0.3) is 10.9 Å². The number of carboxylic acid groups (broad SMARTS) is 1. The Kier molecular flexibility index (Phi) is 4.19. The number of hydrogen-bond acceptors (Lipinski definition) is 3. The van der Waals surface area contributed by atoms with Crippen molar-refractivity contribution >= 4 is 16.9 Å². The minimum absolute atomic E-state index is 0.339. The van der Waals surface area contributed by atoms with Crippen molar-refractivity contribution in [3.8, 4) is 0 Å². The van der Waals surface area contributed by atoms with Gasteiger partial charge >= 0.3 is 5.97 Å². The van der Waals surface area contributed by atoms with E-state index in [2.05, 4.69) is 4.57 Å². The summed E-state index contributed by atoms with van der Waals surface area (Å²) in [6.07, 6.45) is 3.22. The van der Waals surface area contributed by atoms with Crippen LogP contribution < -0.4 is 11.5 Å². The largest absolute Gasteiger partial charge is 0.480 e. The molecule has 0 bridgehead atoms. The second kappa shape index (κ2) is 5.86. The van der Waals surface area contributed by atoms with Crippen molar-refractivity contribution in [2.24, 2.45) is 11.5 Å². The molecule has 0 amide bonds. The van der Waals surface area contributed by atoms with Crippen molar-refractivity contribution in [3.05, 3.63) is 36.0 Å². The zero-order valence-corrected chi connectivity index (χ0v) is 10.7. The van der Waals surface area contributed by atoms with Crippen LogP contribution in [-0.4, -0.2) is 28.2 Å². The van der Waals surface area contributed by atoms with Gasteiger partial charge in [0, 0.05) is 30.1 Å². The Morgan fingerprint density at radius 1 is 1.37 bits per heavy atom. The maximum absolute atomic E-state index is 10.9. The molecule has 5 nitrogen and oxygen atoms in total. The van der Waals surface area contributed by atoms with Gasteiger partial charge in [-0.2, -0.15) is 0 Å². The molecular weight excluding hydrogens is 242 g/mol. The predicted octanol–water partition coefficient (Wildman–Crippen LogP) is 0.945. The lowest BCUT2D eigenvalue weighted by Crippen LogP contribution is -2.32. The molecule has 1 aromatic carbocycles. The topological polar surface area (TPSA) is 94.3 Å². The Morgan fingerprint density at radius 3 is 2.79 bits per heavy atom. The summed E-state index contributed by atoms with van der Waals surface area (Å²) in [4.78, 5) is 10.9. The molecule has 0 aliphatic carbocycles. The van der Waals surface area contributed by atoms with Crippen LogP contribution in [-0.2, 0) is 17.8 Å². The average Bonchev–Trinajstić information content (AvgIpc) is 2.75. The first kappa shape index (κ1) is 13.6. The quantitative estimate of drug-likeness (QED) is 0.721. The summed E-state index contributed by atoms with van der Waals surface area (Å²) < 4.78 is 2.12. The molecule has 5 N–H and O–H groups in total. The molecule has 5 heteroatoms. The van der Waals surface area contributed by atoms with Gasteiger partial charge in [0.15, 0.2) is 0 Å². The van der Waals surface area contributed by atoms with Crippen LogP contribution in [0.1, 0.15) is 12.0 Å². The first-order chi connectivity index (χ1) is 9.13. The Morgan fingerprint density at radius 2 is 2.11 bits per heavy atom. The van der Waals surface area contributed by atoms with Crippen molar-refractivity contribution in [1.29, 1.82) is 0 Å². The van der Waals surface area contributed by atoms with Crippen molar-refractivity contribution in [3.63, 3.8) is 0 Å². The molecule has 1 unspecified atom stereocenters. The van der Waals surface area contributed by atoms with E-state index in [9.17, 15) is 4.79 Å². The summed E-state index contributed by atoms with van der Waals surface area (Å²) in [5.41, 5.74) is 13.2. The van der Waals surface area contributed by atoms with Crippen LogP contribution in [0.2, 0.25) is 0 Å². The highest BCUT2D eigenvalue weighted by Crippen LogP contribution is 2.22. The number of hydrogen-bond donors (Lipinski definition) is 3. The number of aromatic nitrogens is 1. The van der Waals surface area contributed by atoms with Crippen molar-refractivity contribution in [1.82, 2.24) is 4.57 Å². The molecule has 0 aliphatic rings.